The Morgan fingerprint density at radius 1 is 1.31 bits per heavy atom. The van der Waals surface area contributed by atoms with Gasteiger partial charge in [0.1, 0.15) is 11.6 Å². The number of fused-ring (bicyclic) bond motifs is 1. The second-order valence-electron chi connectivity index (χ2n) is 5.16. The summed E-state index contributed by atoms with van der Waals surface area (Å²) in [5, 5.41) is 12.3. The third kappa shape index (κ3) is 1.75. The number of nitrogens with zero attached hydrogens (tertiary/aromatic N) is 3. The molecule has 1 aromatic rings. The molecular formula is C12H20N4. The monoisotopic (exact) mass is 220 g/mol. The van der Waals surface area contributed by atoms with E-state index in [-0.39, 0.29) is 0 Å². The molecule has 0 amide bonds. The number of piperidine rings is 1. The Morgan fingerprint density at radius 3 is 3.12 bits per heavy atom. The summed E-state index contributed by atoms with van der Waals surface area (Å²) >= 11 is 0. The Labute approximate surface area is 96.4 Å². The van der Waals surface area contributed by atoms with Gasteiger partial charge in [-0.1, -0.05) is 0 Å². The first-order valence-electron chi connectivity index (χ1n) is 6.50. The summed E-state index contributed by atoms with van der Waals surface area (Å²) in [5.41, 5.74) is 0. The van der Waals surface area contributed by atoms with E-state index < -0.39 is 0 Å². The number of hydrogen-bond donors (Lipinski definition) is 1. The Hall–Kier alpha value is -0.900. The zero-order valence-corrected chi connectivity index (χ0v) is 9.95. The first kappa shape index (κ1) is 10.3. The van der Waals surface area contributed by atoms with Crippen LogP contribution in [0.2, 0.25) is 0 Å². The fourth-order valence-electron chi connectivity index (χ4n) is 3.00. The fourth-order valence-corrected chi connectivity index (χ4v) is 3.00. The summed E-state index contributed by atoms with van der Waals surface area (Å²) in [4.78, 5) is 0. The lowest BCUT2D eigenvalue weighted by Gasteiger charge is -2.28. The van der Waals surface area contributed by atoms with Gasteiger partial charge in [0.25, 0.3) is 0 Å². The van der Waals surface area contributed by atoms with Gasteiger partial charge in [0.05, 0.1) is 0 Å². The molecule has 2 atom stereocenters. The van der Waals surface area contributed by atoms with Gasteiger partial charge in [-0.3, -0.25) is 0 Å². The Morgan fingerprint density at radius 2 is 2.25 bits per heavy atom. The molecule has 3 heterocycles. The standard InChI is InChI=1S/C12H20N4/c1-9-8-10(5-6-13-9)12-15-14-11-4-2-3-7-16(11)12/h9-10,13H,2-8H2,1H3. The highest BCUT2D eigenvalue weighted by atomic mass is 15.3. The lowest BCUT2D eigenvalue weighted by Crippen LogP contribution is -2.35. The van der Waals surface area contributed by atoms with E-state index >= 15 is 0 Å². The lowest BCUT2D eigenvalue weighted by molar-refractivity contribution is 0.358. The molecular weight excluding hydrogens is 200 g/mol. The van der Waals surface area contributed by atoms with Gasteiger partial charge in [0, 0.05) is 24.9 Å². The van der Waals surface area contributed by atoms with Gasteiger partial charge in [0.15, 0.2) is 0 Å². The number of aryl methyl sites for hydroxylation is 1. The van der Waals surface area contributed by atoms with Crippen LogP contribution in [0.25, 0.3) is 0 Å². The van der Waals surface area contributed by atoms with Crippen LogP contribution in [0.3, 0.4) is 0 Å². The summed E-state index contributed by atoms with van der Waals surface area (Å²) in [5.74, 6) is 3.09. The first-order valence-corrected chi connectivity index (χ1v) is 6.50. The largest absolute Gasteiger partial charge is 0.315 e. The molecule has 0 aromatic carbocycles. The second kappa shape index (κ2) is 4.17. The predicted octanol–water partition coefficient (Wildman–Crippen LogP) is 1.47. The minimum Gasteiger partial charge on any atom is -0.315 e. The van der Waals surface area contributed by atoms with Crippen molar-refractivity contribution in [3.63, 3.8) is 0 Å². The highest BCUT2D eigenvalue weighted by molar-refractivity contribution is 5.06. The van der Waals surface area contributed by atoms with Crippen LogP contribution in [0.1, 0.15) is 50.2 Å². The normalized spacial score (nSPS) is 30.1. The van der Waals surface area contributed by atoms with E-state index in [9.17, 15) is 0 Å². The summed E-state index contributed by atoms with van der Waals surface area (Å²) in [6, 6.07) is 0.621. The minimum atomic E-state index is 0.621. The van der Waals surface area contributed by atoms with Crippen molar-refractivity contribution < 1.29 is 0 Å². The SMILES string of the molecule is CC1CC(c2nnc3n2CCCC3)CCN1. The average Bonchev–Trinajstić information content (AvgIpc) is 2.72. The van der Waals surface area contributed by atoms with Crippen LogP contribution < -0.4 is 5.32 Å². The van der Waals surface area contributed by atoms with Gasteiger partial charge in [-0.15, -0.1) is 10.2 Å². The predicted molar refractivity (Wildman–Crippen MR) is 62.4 cm³/mol. The minimum absolute atomic E-state index is 0.621. The molecule has 0 aliphatic carbocycles. The summed E-state index contributed by atoms with van der Waals surface area (Å²) in [6.07, 6.45) is 6.10. The fraction of sp³-hybridized carbons (Fsp3) is 0.833. The van der Waals surface area contributed by atoms with Gasteiger partial charge >= 0.3 is 0 Å². The van der Waals surface area contributed by atoms with E-state index in [4.69, 9.17) is 0 Å². The van der Waals surface area contributed by atoms with Crippen molar-refractivity contribution in [3.8, 4) is 0 Å². The molecule has 1 N–H and O–H groups in total. The molecule has 4 heteroatoms. The smallest absolute Gasteiger partial charge is 0.136 e. The van der Waals surface area contributed by atoms with Crippen molar-refractivity contribution in [2.45, 2.75) is 57.5 Å². The molecule has 16 heavy (non-hydrogen) atoms. The lowest BCUT2D eigenvalue weighted by atomic mass is 9.92. The quantitative estimate of drug-likeness (QED) is 0.779. The number of rotatable bonds is 1. The molecule has 1 fully saturated rings. The van der Waals surface area contributed by atoms with Crippen LogP contribution in [0.5, 0.6) is 0 Å². The molecule has 1 saturated heterocycles. The van der Waals surface area contributed by atoms with Crippen LogP contribution in [-0.2, 0) is 13.0 Å². The van der Waals surface area contributed by atoms with Crippen LogP contribution in [-0.4, -0.2) is 27.4 Å². The highest BCUT2D eigenvalue weighted by Crippen LogP contribution is 2.28. The van der Waals surface area contributed by atoms with Crippen LogP contribution in [0.15, 0.2) is 0 Å². The Kier molecular flexibility index (Phi) is 2.67. The van der Waals surface area contributed by atoms with Gasteiger partial charge in [-0.2, -0.15) is 0 Å². The summed E-state index contributed by atoms with van der Waals surface area (Å²) < 4.78 is 2.38. The molecule has 2 aliphatic rings. The van der Waals surface area contributed by atoms with E-state index in [1.54, 1.807) is 0 Å². The van der Waals surface area contributed by atoms with E-state index in [0.29, 0.717) is 12.0 Å². The van der Waals surface area contributed by atoms with Crippen LogP contribution in [0.4, 0.5) is 0 Å². The molecule has 4 nitrogen and oxygen atoms in total. The molecule has 0 radical (unpaired) electrons. The maximum atomic E-state index is 4.44. The molecule has 1 aromatic heterocycles. The van der Waals surface area contributed by atoms with Crippen molar-refractivity contribution in [1.29, 1.82) is 0 Å². The first-order chi connectivity index (χ1) is 7.84. The van der Waals surface area contributed by atoms with Gasteiger partial charge < -0.3 is 9.88 Å². The zero-order valence-electron chi connectivity index (χ0n) is 9.95. The number of nitrogens with one attached hydrogen (secondary N) is 1. The molecule has 2 unspecified atom stereocenters. The van der Waals surface area contributed by atoms with Crippen molar-refractivity contribution in [2.24, 2.45) is 0 Å². The third-order valence-electron chi connectivity index (χ3n) is 3.88. The van der Waals surface area contributed by atoms with E-state index in [0.717, 1.165) is 19.5 Å². The molecule has 0 spiro atoms. The second-order valence-corrected chi connectivity index (χ2v) is 5.16. The highest BCUT2D eigenvalue weighted by Gasteiger charge is 2.26. The van der Waals surface area contributed by atoms with E-state index in [1.165, 1.54) is 37.3 Å². The number of hydrogen-bond acceptors (Lipinski definition) is 3. The molecule has 88 valence electrons. The molecule has 0 saturated carbocycles. The maximum Gasteiger partial charge on any atom is 0.136 e. The molecule has 2 aliphatic heterocycles. The van der Waals surface area contributed by atoms with Crippen molar-refractivity contribution in [1.82, 2.24) is 20.1 Å². The topological polar surface area (TPSA) is 42.7 Å². The maximum absolute atomic E-state index is 4.44. The molecule has 0 bridgehead atoms. The van der Waals surface area contributed by atoms with Gasteiger partial charge in [-0.25, -0.2) is 0 Å². The summed E-state index contributed by atoms with van der Waals surface area (Å²) in [7, 11) is 0. The van der Waals surface area contributed by atoms with Crippen molar-refractivity contribution in [2.75, 3.05) is 6.54 Å². The zero-order chi connectivity index (χ0) is 11.0. The van der Waals surface area contributed by atoms with Gasteiger partial charge in [-0.05, 0) is 39.2 Å². The average molecular weight is 220 g/mol. The Balaban J connectivity index is 1.85. The Bertz CT molecular complexity index is 371. The van der Waals surface area contributed by atoms with Crippen LogP contribution >= 0.6 is 0 Å². The number of aromatic nitrogens is 3. The van der Waals surface area contributed by atoms with Gasteiger partial charge in [0.2, 0.25) is 0 Å². The van der Waals surface area contributed by atoms with Crippen LogP contribution in [0, 0.1) is 0 Å². The third-order valence-corrected chi connectivity index (χ3v) is 3.88. The summed E-state index contributed by atoms with van der Waals surface area (Å²) in [6.45, 7) is 4.52. The van der Waals surface area contributed by atoms with E-state index in [2.05, 4.69) is 27.0 Å². The van der Waals surface area contributed by atoms with Crippen molar-refractivity contribution >= 4 is 0 Å². The van der Waals surface area contributed by atoms with E-state index in [1.807, 2.05) is 0 Å². The molecule has 3 rings (SSSR count). The van der Waals surface area contributed by atoms with Crippen molar-refractivity contribution in [3.05, 3.63) is 11.6 Å².